The minimum atomic E-state index is -0.0425. The Morgan fingerprint density at radius 1 is 1.57 bits per heavy atom. The van der Waals surface area contributed by atoms with E-state index in [1.54, 1.807) is 10.8 Å². The molecule has 0 aromatic carbocycles. The third-order valence-electron chi connectivity index (χ3n) is 1.97. The van der Waals surface area contributed by atoms with E-state index in [9.17, 15) is 0 Å². The van der Waals surface area contributed by atoms with E-state index in [-0.39, 0.29) is 6.61 Å². The van der Waals surface area contributed by atoms with Crippen LogP contribution in [-0.4, -0.2) is 20.1 Å². The van der Waals surface area contributed by atoms with Crippen LogP contribution in [0.5, 0.6) is 0 Å². The van der Waals surface area contributed by atoms with Crippen molar-refractivity contribution in [2.24, 2.45) is 5.92 Å². The van der Waals surface area contributed by atoms with E-state index in [2.05, 4.69) is 30.7 Å². The molecule has 0 aliphatic heterocycles. The lowest BCUT2D eigenvalue weighted by Crippen LogP contribution is -2.08. The summed E-state index contributed by atoms with van der Waals surface area (Å²) in [6.45, 7) is 8.53. The van der Waals surface area contributed by atoms with Crippen molar-refractivity contribution in [2.45, 2.75) is 33.4 Å². The van der Waals surface area contributed by atoms with Crippen LogP contribution in [0.25, 0.3) is 0 Å². The van der Waals surface area contributed by atoms with Gasteiger partial charge in [-0.1, -0.05) is 25.1 Å². The highest BCUT2D eigenvalue weighted by Crippen LogP contribution is 2.11. The minimum absolute atomic E-state index is 0.0425. The molecule has 1 rings (SSSR count). The van der Waals surface area contributed by atoms with Crippen molar-refractivity contribution < 1.29 is 5.11 Å². The molecule has 0 radical (unpaired) electrons. The lowest BCUT2D eigenvalue weighted by Gasteiger charge is -2.07. The Morgan fingerprint density at radius 2 is 2.29 bits per heavy atom. The summed E-state index contributed by atoms with van der Waals surface area (Å²) >= 11 is 0. The Kier molecular flexibility index (Phi) is 3.83. The monoisotopic (exact) mass is 195 g/mol. The maximum Gasteiger partial charge on any atom is 0.111 e. The Labute approximate surface area is 84.3 Å². The molecule has 0 amide bonds. The fourth-order valence-corrected chi connectivity index (χ4v) is 1.37. The van der Waals surface area contributed by atoms with Crippen molar-refractivity contribution in [2.75, 3.05) is 0 Å². The van der Waals surface area contributed by atoms with Crippen molar-refractivity contribution in [3.8, 4) is 0 Å². The highest BCUT2D eigenvalue weighted by atomic mass is 16.3. The van der Waals surface area contributed by atoms with Gasteiger partial charge in [-0.2, -0.15) is 0 Å². The van der Waals surface area contributed by atoms with Gasteiger partial charge >= 0.3 is 0 Å². The number of hydrogen-bond donors (Lipinski definition) is 1. The van der Waals surface area contributed by atoms with Gasteiger partial charge in [0.1, 0.15) is 5.69 Å². The summed E-state index contributed by atoms with van der Waals surface area (Å²) in [5.74, 6) is 0.530. The molecule has 1 aromatic heterocycles. The van der Waals surface area contributed by atoms with Crippen molar-refractivity contribution >= 4 is 0 Å². The van der Waals surface area contributed by atoms with Gasteiger partial charge in [0, 0.05) is 0 Å². The molecule has 1 heterocycles. The molecule has 0 aliphatic rings. The fraction of sp³-hybridized carbons (Fsp3) is 0.600. The summed E-state index contributed by atoms with van der Waals surface area (Å²) in [6.07, 6.45) is 2.66. The first-order chi connectivity index (χ1) is 6.69. The molecule has 1 N–H and O–H groups in total. The normalized spacial score (nSPS) is 10.9. The van der Waals surface area contributed by atoms with Crippen LogP contribution < -0.4 is 0 Å². The summed E-state index contributed by atoms with van der Waals surface area (Å²) in [6, 6.07) is 0. The second kappa shape index (κ2) is 4.91. The molecule has 0 saturated heterocycles. The molecular weight excluding hydrogens is 178 g/mol. The van der Waals surface area contributed by atoms with Crippen molar-refractivity contribution in [1.82, 2.24) is 15.0 Å². The Hall–Kier alpha value is -1.16. The molecule has 0 bridgehead atoms. The molecule has 78 valence electrons. The minimum Gasteiger partial charge on any atom is -0.390 e. The van der Waals surface area contributed by atoms with Crippen LogP contribution in [-0.2, 0) is 19.6 Å². The number of rotatable bonds is 5. The topological polar surface area (TPSA) is 50.9 Å². The van der Waals surface area contributed by atoms with E-state index < -0.39 is 0 Å². The van der Waals surface area contributed by atoms with E-state index >= 15 is 0 Å². The zero-order valence-corrected chi connectivity index (χ0v) is 8.77. The van der Waals surface area contributed by atoms with Gasteiger partial charge in [-0.05, 0) is 12.3 Å². The van der Waals surface area contributed by atoms with E-state index in [1.165, 1.54) is 0 Å². The smallest absolute Gasteiger partial charge is 0.111 e. The molecule has 0 aliphatic carbocycles. The second-order valence-corrected chi connectivity index (χ2v) is 3.71. The summed E-state index contributed by atoms with van der Waals surface area (Å²) < 4.78 is 1.79. The van der Waals surface area contributed by atoms with Crippen LogP contribution in [0.3, 0.4) is 0 Å². The fourth-order valence-electron chi connectivity index (χ4n) is 1.37. The number of allylic oxidation sites excluding steroid dienone is 1. The first-order valence-electron chi connectivity index (χ1n) is 4.82. The maximum absolute atomic E-state index is 9.07. The standard InChI is InChI=1S/C10H17N3O/c1-4-5-13-10(6-8(2)3)9(7-14)11-12-13/h4,8,14H,1,5-7H2,2-3H3. The van der Waals surface area contributed by atoms with Crippen molar-refractivity contribution in [3.63, 3.8) is 0 Å². The average Bonchev–Trinajstić information content (AvgIpc) is 2.48. The quantitative estimate of drug-likeness (QED) is 0.717. The van der Waals surface area contributed by atoms with Gasteiger partial charge < -0.3 is 5.11 Å². The number of aromatic nitrogens is 3. The highest BCUT2D eigenvalue weighted by molar-refractivity contribution is 5.10. The van der Waals surface area contributed by atoms with Gasteiger partial charge in [0.25, 0.3) is 0 Å². The molecule has 1 aromatic rings. The van der Waals surface area contributed by atoms with E-state index in [1.807, 2.05) is 0 Å². The first-order valence-corrected chi connectivity index (χ1v) is 4.82. The Balaban J connectivity index is 2.93. The molecule has 14 heavy (non-hydrogen) atoms. The molecule has 4 heteroatoms. The summed E-state index contributed by atoms with van der Waals surface area (Å²) in [5.41, 5.74) is 1.70. The molecule has 4 nitrogen and oxygen atoms in total. The van der Waals surface area contributed by atoms with Gasteiger partial charge in [0.2, 0.25) is 0 Å². The average molecular weight is 195 g/mol. The van der Waals surface area contributed by atoms with E-state index in [0.717, 1.165) is 12.1 Å². The molecule has 0 fully saturated rings. The molecular formula is C10H17N3O. The van der Waals surface area contributed by atoms with Crippen LogP contribution in [0, 0.1) is 5.92 Å². The number of hydrogen-bond acceptors (Lipinski definition) is 3. The van der Waals surface area contributed by atoms with E-state index in [4.69, 9.17) is 5.11 Å². The first kappa shape index (κ1) is 10.9. The van der Waals surface area contributed by atoms with Crippen molar-refractivity contribution in [3.05, 3.63) is 24.0 Å². The number of nitrogens with zero attached hydrogens (tertiary/aromatic N) is 3. The van der Waals surface area contributed by atoms with Gasteiger partial charge in [-0.3, -0.25) is 0 Å². The van der Waals surface area contributed by atoms with Crippen LogP contribution in [0.4, 0.5) is 0 Å². The van der Waals surface area contributed by atoms with Gasteiger partial charge in [0.15, 0.2) is 0 Å². The van der Waals surface area contributed by atoms with E-state index in [0.29, 0.717) is 18.2 Å². The lowest BCUT2D eigenvalue weighted by atomic mass is 10.1. The molecule has 0 unspecified atom stereocenters. The molecule has 0 atom stereocenters. The number of aliphatic hydroxyl groups excluding tert-OH is 1. The summed E-state index contributed by atoms with van der Waals surface area (Å²) in [5, 5.41) is 17.0. The molecule has 0 saturated carbocycles. The van der Waals surface area contributed by atoms with Gasteiger partial charge in [-0.25, -0.2) is 4.68 Å². The Bertz CT molecular complexity index is 304. The Morgan fingerprint density at radius 3 is 2.79 bits per heavy atom. The largest absolute Gasteiger partial charge is 0.390 e. The lowest BCUT2D eigenvalue weighted by molar-refractivity contribution is 0.275. The van der Waals surface area contributed by atoms with Crippen LogP contribution in [0.1, 0.15) is 25.2 Å². The third kappa shape index (κ3) is 2.42. The van der Waals surface area contributed by atoms with Crippen molar-refractivity contribution in [1.29, 1.82) is 0 Å². The van der Waals surface area contributed by atoms with Crippen LogP contribution in [0.15, 0.2) is 12.7 Å². The third-order valence-corrected chi connectivity index (χ3v) is 1.97. The number of aliphatic hydroxyl groups is 1. The zero-order chi connectivity index (χ0) is 10.6. The van der Waals surface area contributed by atoms with Crippen LogP contribution >= 0.6 is 0 Å². The van der Waals surface area contributed by atoms with Crippen LogP contribution in [0.2, 0.25) is 0 Å². The summed E-state index contributed by atoms with van der Waals surface area (Å²) in [7, 11) is 0. The SMILES string of the molecule is C=CCn1nnc(CO)c1CC(C)C. The predicted octanol–water partition coefficient (Wildman–Crippen LogP) is 1.15. The predicted molar refractivity (Wildman–Crippen MR) is 54.7 cm³/mol. The highest BCUT2D eigenvalue weighted by Gasteiger charge is 2.12. The second-order valence-electron chi connectivity index (χ2n) is 3.71. The zero-order valence-electron chi connectivity index (χ0n) is 8.77. The summed E-state index contributed by atoms with van der Waals surface area (Å²) in [4.78, 5) is 0. The van der Waals surface area contributed by atoms with Gasteiger partial charge in [-0.15, -0.1) is 11.7 Å². The van der Waals surface area contributed by atoms with Gasteiger partial charge in [0.05, 0.1) is 18.8 Å². The maximum atomic E-state index is 9.07. The molecule has 0 spiro atoms.